The van der Waals surface area contributed by atoms with E-state index in [-0.39, 0.29) is 19.2 Å². The largest absolute Gasteiger partial charge is 0.488 e. The van der Waals surface area contributed by atoms with Crippen molar-refractivity contribution in [3.63, 3.8) is 0 Å². The molecular formula is C13H12ClNO3. The van der Waals surface area contributed by atoms with Crippen LogP contribution in [0, 0.1) is 0 Å². The van der Waals surface area contributed by atoms with Gasteiger partial charge in [-0.2, -0.15) is 0 Å². The predicted octanol–water partition coefficient (Wildman–Crippen LogP) is 2.83. The van der Waals surface area contributed by atoms with Crippen LogP contribution in [-0.4, -0.2) is 24.2 Å². The highest BCUT2D eigenvalue weighted by Crippen LogP contribution is 2.29. The van der Waals surface area contributed by atoms with Gasteiger partial charge in [0.2, 0.25) is 0 Å². The van der Waals surface area contributed by atoms with Crippen LogP contribution in [0.3, 0.4) is 0 Å². The first-order valence-electron chi connectivity index (χ1n) is 5.48. The molecule has 4 nitrogen and oxygen atoms in total. The highest BCUT2D eigenvalue weighted by Gasteiger charge is 2.06. The molecule has 1 aromatic heterocycles. The quantitative estimate of drug-likeness (QED) is 0.630. The smallest absolute Gasteiger partial charge is 0.302 e. The molecule has 0 unspecified atom stereocenters. The summed E-state index contributed by atoms with van der Waals surface area (Å²) >= 11 is 6.07. The Balaban J connectivity index is 2.14. The molecule has 0 amide bonds. The molecule has 1 aromatic carbocycles. The topological polar surface area (TPSA) is 48.4 Å². The van der Waals surface area contributed by atoms with E-state index in [1.807, 2.05) is 12.1 Å². The van der Waals surface area contributed by atoms with E-state index in [0.717, 1.165) is 5.39 Å². The lowest BCUT2D eigenvalue weighted by Gasteiger charge is -2.09. The van der Waals surface area contributed by atoms with Crippen molar-refractivity contribution in [2.75, 3.05) is 13.2 Å². The van der Waals surface area contributed by atoms with Crippen molar-refractivity contribution in [1.82, 2.24) is 4.98 Å². The summed E-state index contributed by atoms with van der Waals surface area (Å²) in [5, 5.41) is 1.47. The lowest BCUT2D eigenvalue weighted by molar-refractivity contribution is -0.141. The van der Waals surface area contributed by atoms with Crippen molar-refractivity contribution in [2.45, 2.75) is 6.92 Å². The number of fused-ring (bicyclic) bond motifs is 1. The van der Waals surface area contributed by atoms with E-state index in [4.69, 9.17) is 21.1 Å². The standard InChI is InChI=1S/C13H12ClNO3/c1-9(16)17-7-8-18-12-5-4-11(14)10-3-2-6-15-13(10)12/h2-6H,7-8H2,1H3. The van der Waals surface area contributed by atoms with E-state index in [1.165, 1.54) is 6.92 Å². The third-order valence-electron chi connectivity index (χ3n) is 2.33. The molecular weight excluding hydrogens is 254 g/mol. The molecule has 0 spiro atoms. The van der Waals surface area contributed by atoms with Crippen LogP contribution < -0.4 is 4.74 Å². The molecule has 0 aliphatic carbocycles. The Hall–Kier alpha value is -1.81. The number of carbonyl (C=O) groups is 1. The number of esters is 1. The van der Waals surface area contributed by atoms with Crippen molar-refractivity contribution in [3.8, 4) is 5.75 Å². The van der Waals surface area contributed by atoms with E-state index in [2.05, 4.69) is 4.98 Å². The maximum atomic E-state index is 10.6. The Kier molecular flexibility index (Phi) is 3.99. The van der Waals surface area contributed by atoms with E-state index in [1.54, 1.807) is 18.3 Å². The molecule has 0 atom stereocenters. The number of pyridine rings is 1. The molecule has 0 aliphatic heterocycles. The van der Waals surface area contributed by atoms with Gasteiger partial charge in [-0.05, 0) is 24.3 Å². The fourth-order valence-electron chi connectivity index (χ4n) is 1.57. The van der Waals surface area contributed by atoms with Crippen LogP contribution in [0.25, 0.3) is 10.9 Å². The van der Waals surface area contributed by atoms with E-state index in [9.17, 15) is 4.79 Å². The lowest BCUT2D eigenvalue weighted by Crippen LogP contribution is -2.09. The van der Waals surface area contributed by atoms with Gasteiger partial charge in [0.1, 0.15) is 24.5 Å². The summed E-state index contributed by atoms with van der Waals surface area (Å²) in [6.45, 7) is 1.86. The van der Waals surface area contributed by atoms with Gasteiger partial charge in [0, 0.05) is 18.5 Å². The van der Waals surface area contributed by atoms with Gasteiger partial charge in [0.25, 0.3) is 0 Å². The molecule has 0 bridgehead atoms. The maximum absolute atomic E-state index is 10.6. The van der Waals surface area contributed by atoms with E-state index < -0.39 is 0 Å². The molecule has 1 heterocycles. The van der Waals surface area contributed by atoms with Crippen molar-refractivity contribution in [2.24, 2.45) is 0 Å². The lowest BCUT2D eigenvalue weighted by atomic mass is 10.2. The minimum absolute atomic E-state index is 0.215. The Morgan fingerprint density at radius 3 is 2.94 bits per heavy atom. The predicted molar refractivity (Wildman–Crippen MR) is 68.9 cm³/mol. The van der Waals surface area contributed by atoms with Gasteiger partial charge in [-0.3, -0.25) is 9.78 Å². The fourth-order valence-corrected chi connectivity index (χ4v) is 1.78. The Morgan fingerprint density at radius 2 is 2.17 bits per heavy atom. The first kappa shape index (κ1) is 12.6. The number of nitrogens with zero attached hydrogens (tertiary/aromatic N) is 1. The number of rotatable bonds is 4. The second-order valence-electron chi connectivity index (χ2n) is 3.63. The Bertz CT molecular complexity index is 571. The van der Waals surface area contributed by atoms with Crippen LogP contribution in [0.1, 0.15) is 6.92 Å². The SMILES string of the molecule is CC(=O)OCCOc1ccc(Cl)c2cccnc12. The van der Waals surface area contributed by atoms with Gasteiger partial charge in [-0.1, -0.05) is 11.6 Å². The van der Waals surface area contributed by atoms with Crippen molar-refractivity contribution in [1.29, 1.82) is 0 Å². The molecule has 94 valence electrons. The van der Waals surface area contributed by atoms with Crippen molar-refractivity contribution >= 4 is 28.5 Å². The molecule has 2 aromatic rings. The zero-order valence-electron chi connectivity index (χ0n) is 9.85. The number of ether oxygens (including phenoxy) is 2. The first-order chi connectivity index (χ1) is 8.68. The molecule has 0 N–H and O–H groups in total. The molecule has 0 aliphatic rings. The van der Waals surface area contributed by atoms with Gasteiger partial charge in [-0.25, -0.2) is 0 Å². The van der Waals surface area contributed by atoms with Gasteiger partial charge < -0.3 is 9.47 Å². The van der Waals surface area contributed by atoms with Crippen LogP contribution in [-0.2, 0) is 9.53 Å². The zero-order chi connectivity index (χ0) is 13.0. The Labute approximate surface area is 109 Å². The molecule has 0 radical (unpaired) electrons. The molecule has 5 heteroatoms. The summed E-state index contributed by atoms with van der Waals surface area (Å²) in [5.74, 6) is 0.305. The van der Waals surface area contributed by atoms with Gasteiger partial charge in [0.05, 0.1) is 5.02 Å². The van der Waals surface area contributed by atoms with Gasteiger partial charge >= 0.3 is 5.97 Å². The number of aromatic nitrogens is 1. The summed E-state index contributed by atoms with van der Waals surface area (Å²) in [5.41, 5.74) is 0.702. The van der Waals surface area contributed by atoms with Crippen LogP contribution in [0.4, 0.5) is 0 Å². The monoisotopic (exact) mass is 265 g/mol. The van der Waals surface area contributed by atoms with Crippen molar-refractivity contribution < 1.29 is 14.3 Å². The average Bonchev–Trinajstić information content (AvgIpc) is 2.37. The number of halogens is 1. The highest BCUT2D eigenvalue weighted by atomic mass is 35.5. The summed E-state index contributed by atoms with van der Waals surface area (Å²) < 4.78 is 10.3. The first-order valence-corrected chi connectivity index (χ1v) is 5.85. The third-order valence-corrected chi connectivity index (χ3v) is 2.66. The zero-order valence-corrected chi connectivity index (χ0v) is 10.6. The molecule has 0 saturated carbocycles. The average molecular weight is 266 g/mol. The number of hydrogen-bond donors (Lipinski definition) is 0. The summed E-state index contributed by atoms with van der Waals surface area (Å²) in [7, 11) is 0. The normalized spacial score (nSPS) is 10.3. The van der Waals surface area contributed by atoms with Crippen molar-refractivity contribution in [3.05, 3.63) is 35.5 Å². The number of hydrogen-bond acceptors (Lipinski definition) is 4. The minimum atomic E-state index is -0.322. The highest BCUT2D eigenvalue weighted by molar-refractivity contribution is 6.35. The maximum Gasteiger partial charge on any atom is 0.302 e. The molecule has 0 fully saturated rings. The second-order valence-corrected chi connectivity index (χ2v) is 4.04. The van der Waals surface area contributed by atoms with E-state index >= 15 is 0 Å². The third kappa shape index (κ3) is 2.90. The summed E-state index contributed by atoms with van der Waals surface area (Å²) in [6.07, 6.45) is 1.68. The summed E-state index contributed by atoms with van der Waals surface area (Å²) in [6, 6.07) is 7.21. The van der Waals surface area contributed by atoms with Crippen LogP contribution >= 0.6 is 11.6 Å². The molecule has 0 saturated heterocycles. The van der Waals surface area contributed by atoms with Crippen LogP contribution in [0.15, 0.2) is 30.5 Å². The van der Waals surface area contributed by atoms with E-state index in [0.29, 0.717) is 16.3 Å². The fraction of sp³-hybridized carbons (Fsp3) is 0.231. The minimum Gasteiger partial charge on any atom is -0.488 e. The summed E-state index contributed by atoms with van der Waals surface area (Å²) in [4.78, 5) is 14.8. The van der Waals surface area contributed by atoms with Crippen LogP contribution in [0.2, 0.25) is 5.02 Å². The second kappa shape index (κ2) is 5.69. The van der Waals surface area contributed by atoms with Gasteiger partial charge in [-0.15, -0.1) is 0 Å². The molecule has 2 rings (SSSR count). The van der Waals surface area contributed by atoms with Crippen LogP contribution in [0.5, 0.6) is 5.75 Å². The van der Waals surface area contributed by atoms with Gasteiger partial charge in [0.15, 0.2) is 0 Å². The number of carbonyl (C=O) groups excluding carboxylic acids is 1. The number of benzene rings is 1. The Morgan fingerprint density at radius 1 is 1.33 bits per heavy atom. The molecule has 18 heavy (non-hydrogen) atoms.